The number of nitrogens with zero attached hydrogens (tertiary/aromatic N) is 2. The number of carboxylic acid groups (broad SMARTS) is 1. The molecule has 0 bridgehead atoms. The summed E-state index contributed by atoms with van der Waals surface area (Å²) in [7, 11) is 1.64. The number of hydrogen-bond acceptors (Lipinski definition) is 18. The monoisotopic (exact) mass is 966 g/mol. The number of aliphatic imine (C=N–C) groups is 1. The Morgan fingerprint density at radius 2 is 1.13 bits per heavy atom. The fourth-order valence-electron chi connectivity index (χ4n) is 6.70. The van der Waals surface area contributed by atoms with Crippen LogP contribution < -0.4 is 4.90 Å². The average molecular weight is 967 g/mol. The molecule has 3 rings (SSSR count). The van der Waals surface area contributed by atoms with Crippen LogP contribution in [0.4, 0.5) is 11.4 Å². The summed E-state index contributed by atoms with van der Waals surface area (Å²) in [5.41, 5.74) is 3.60. The lowest BCUT2D eigenvalue weighted by Crippen LogP contribution is -2.30. The largest absolute Gasteiger partial charge is 0.481 e. The molecular formula is C48H74N2O16S. The predicted molar refractivity (Wildman–Crippen MR) is 254 cm³/mol. The zero-order valence-electron chi connectivity index (χ0n) is 39.4. The second-order valence-electron chi connectivity index (χ2n) is 15.0. The number of anilines is 1. The molecule has 378 valence electrons. The van der Waals surface area contributed by atoms with Gasteiger partial charge in [-0.3, -0.25) is 9.79 Å². The van der Waals surface area contributed by atoms with Crippen LogP contribution in [0.15, 0.2) is 82.3 Å². The number of carbonyl (C=O) groups is 1. The summed E-state index contributed by atoms with van der Waals surface area (Å²) in [5.74, 6) is -0.786. The molecule has 0 aliphatic carbocycles. The number of allylic oxidation sites excluding steroid dienone is 4. The molecule has 1 atom stereocenters. The molecule has 0 saturated heterocycles. The first-order valence-electron chi connectivity index (χ1n) is 23.0. The van der Waals surface area contributed by atoms with Crippen LogP contribution in [0.25, 0.3) is 0 Å². The summed E-state index contributed by atoms with van der Waals surface area (Å²) in [6, 6.07) is 15.7. The Hall–Kier alpha value is -3.35. The standard InChI is InChI=1S/C48H74N2O16S/c1-48(17-20-55-23-24-57-27-28-59-31-32-61-35-36-63-39-40-64-38-37-62-34-33-60-30-29-58-26-25-56-22-21-54-2)44-41-43(67-66-65-53)15-16-45(44)50(19-10-4-7-14-47(51)52)46(48)13-8-9-18-49-42-11-5-3-6-12-42/h3,5-6,8-9,11-13,15-16,18,41,53H,4,7,10,14,17,19-40H2,1-2H3,(H,51,52)/b9-8+,46-13+,49-18?. The number of unbranched alkanes of at least 4 members (excludes halogenated alkanes) is 2. The van der Waals surface area contributed by atoms with E-state index >= 15 is 0 Å². The topological polar surface area (TPSA) is 193 Å². The van der Waals surface area contributed by atoms with Crippen molar-refractivity contribution in [2.45, 2.75) is 49.3 Å². The molecule has 0 saturated carbocycles. The third-order valence-electron chi connectivity index (χ3n) is 10.1. The highest BCUT2D eigenvalue weighted by molar-refractivity contribution is 7.94. The Kier molecular flexibility index (Phi) is 34.2. The van der Waals surface area contributed by atoms with Crippen LogP contribution in [0.2, 0.25) is 0 Å². The first kappa shape index (κ1) is 58.0. The van der Waals surface area contributed by atoms with Gasteiger partial charge in [-0.25, -0.2) is 5.26 Å². The van der Waals surface area contributed by atoms with Crippen LogP contribution in [0.1, 0.15) is 44.6 Å². The Morgan fingerprint density at radius 3 is 1.61 bits per heavy atom. The first-order valence-corrected chi connectivity index (χ1v) is 23.7. The minimum atomic E-state index is -0.786. The van der Waals surface area contributed by atoms with Crippen molar-refractivity contribution in [3.05, 3.63) is 78.0 Å². The highest BCUT2D eigenvalue weighted by Crippen LogP contribution is 2.51. The molecule has 2 aromatic carbocycles. The second kappa shape index (κ2) is 39.5. The van der Waals surface area contributed by atoms with Crippen molar-refractivity contribution < 1.29 is 76.6 Å². The number of carboxylic acids is 1. The molecule has 18 nitrogen and oxygen atoms in total. The Balaban J connectivity index is 1.26. The first-order chi connectivity index (χ1) is 33.0. The SMILES string of the molecule is COCCOCCOCCOCCOCCOCCOCCOCCOCCOCCOCCC1(C)/C(=C\C=C\C=Nc2ccccc2)N(CCCCCC(=O)O)c2ccc(SOOO)cc21. The van der Waals surface area contributed by atoms with Crippen LogP contribution in [-0.4, -0.2) is 175 Å². The molecule has 2 aromatic rings. The molecule has 2 N–H and O–H groups in total. The number of fused-ring (bicyclic) bond motifs is 1. The van der Waals surface area contributed by atoms with Gasteiger partial charge in [-0.15, -0.1) is 4.33 Å². The molecule has 67 heavy (non-hydrogen) atoms. The fourth-order valence-corrected chi connectivity index (χ4v) is 7.10. The van der Waals surface area contributed by atoms with Gasteiger partial charge in [-0.05, 0) is 74.2 Å². The van der Waals surface area contributed by atoms with Gasteiger partial charge in [0.25, 0.3) is 0 Å². The number of ether oxygens (including phenoxy) is 11. The van der Waals surface area contributed by atoms with Gasteiger partial charge in [0.15, 0.2) is 0 Å². The highest BCUT2D eigenvalue weighted by Gasteiger charge is 2.43. The third-order valence-corrected chi connectivity index (χ3v) is 10.7. The quantitative estimate of drug-likeness (QED) is 0.0229. The van der Waals surface area contributed by atoms with Crippen molar-refractivity contribution in [3.8, 4) is 0 Å². The van der Waals surface area contributed by atoms with Crippen LogP contribution in [0.5, 0.6) is 0 Å². The van der Waals surface area contributed by atoms with Gasteiger partial charge in [0.2, 0.25) is 0 Å². The second-order valence-corrected chi connectivity index (χ2v) is 15.8. The number of para-hydroxylation sites is 1. The van der Waals surface area contributed by atoms with Gasteiger partial charge < -0.3 is 62.1 Å². The smallest absolute Gasteiger partial charge is 0.303 e. The number of hydrogen-bond donors (Lipinski definition) is 2. The maximum absolute atomic E-state index is 11.1. The van der Waals surface area contributed by atoms with Gasteiger partial charge in [0.05, 0.1) is 150 Å². The number of aliphatic carboxylic acids is 1. The van der Waals surface area contributed by atoms with Crippen molar-refractivity contribution in [3.63, 3.8) is 0 Å². The summed E-state index contributed by atoms with van der Waals surface area (Å²) >= 11 is 0.914. The molecule has 0 radical (unpaired) electrons. The van der Waals surface area contributed by atoms with E-state index in [0.29, 0.717) is 158 Å². The van der Waals surface area contributed by atoms with Crippen molar-refractivity contribution in [1.82, 2.24) is 0 Å². The highest BCUT2D eigenvalue weighted by atomic mass is 32.2. The van der Waals surface area contributed by atoms with E-state index in [9.17, 15) is 4.79 Å². The van der Waals surface area contributed by atoms with Crippen LogP contribution >= 0.6 is 12.0 Å². The van der Waals surface area contributed by atoms with Gasteiger partial charge in [-0.2, -0.15) is 0 Å². The van der Waals surface area contributed by atoms with E-state index in [1.807, 2.05) is 60.7 Å². The summed E-state index contributed by atoms with van der Waals surface area (Å²) in [4.78, 5) is 18.7. The average Bonchev–Trinajstić information content (AvgIpc) is 3.56. The lowest BCUT2D eigenvalue weighted by molar-refractivity contribution is -0.432. The van der Waals surface area contributed by atoms with E-state index in [4.69, 9.17) is 66.8 Å². The lowest BCUT2D eigenvalue weighted by Gasteiger charge is -2.30. The molecule has 19 heteroatoms. The molecule has 1 unspecified atom stereocenters. The van der Waals surface area contributed by atoms with Crippen LogP contribution in [0, 0.1) is 0 Å². The predicted octanol–water partition coefficient (Wildman–Crippen LogP) is 6.88. The van der Waals surface area contributed by atoms with Crippen molar-refractivity contribution in [2.75, 3.05) is 157 Å². The minimum Gasteiger partial charge on any atom is -0.481 e. The lowest BCUT2D eigenvalue weighted by atomic mass is 9.78. The van der Waals surface area contributed by atoms with E-state index in [1.54, 1.807) is 13.3 Å². The molecule has 0 amide bonds. The molecule has 0 fully saturated rings. The zero-order chi connectivity index (χ0) is 47.7. The van der Waals surface area contributed by atoms with Gasteiger partial charge >= 0.3 is 5.97 Å². The van der Waals surface area contributed by atoms with E-state index in [1.165, 1.54) is 0 Å². The molecule has 0 aromatic heterocycles. The number of methoxy groups -OCH3 is 1. The summed E-state index contributed by atoms with van der Waals surface area (Å²) in [6.07, 6.45) is 10.8. The van der Waals surface area contributed by atoms with E-state index in [0.717, 1.165) is 52.4 Å². The maximum atomic E-state index is 11.1. The van der Waals surface area contributed by atoms with Gasteiger partial charge in [-0.1, -0.05) is 35.7 Å². The van der Waals surface area contributed by atoms with Crippen molar-refractivity contribution in [1.29, 1.82) is 0 Å². The normalized spacial score (nSPS) is 15.5. The zero-order valence-corrected chi connectivity index (χ0v) is 40.2. The molecule has 1 aliphatic heterocycles. The van der Waals surface area contributed by atoms with E-state index < -0.39 is 11.4 Å². The number of benzene rings is 2. The van der Waals surface area contributed by atoms with Gasteiger partial charge in [0, 0.05) is 54.6 Å². The molecule has 1 aliphatic rings. The third kappa shape index (κ3) is 26.8. The molecule has 0 spiro atoms. The Bertz CT molecular complexity index is 1620. The maximum Gasteiger partial charge on any atom is 0.303 e. The summed E-state index contributed by atoms with van der Waals surface area (Å²) in [6.45, 7) is 13.2. The van der Waals surface area contributed by atoms with Crippen molar-refractivity contribution in [2.24, 2.45) is 4.99 Å². The minimum absolute atomic E-state index is 0.148. The fraction of sp³-hybridized carbons (Fsp3) is 0.625. The van der Waals surface area contributed by atoms with Crippen LogP contribution in [-0.2, 0) is 71.7 Å². The molecule has 1 heterocycles. The Labute approximate surface area is 400 Å². The van der Waals surface area contributed by atoms with Gasteiger partial charge in [0.1, 0.15) is 0 Å². The number of rotatable bonds is 45. The summed E-state index contributed by atoms with van der Waals surface area (Å²) in [5, 5.41) is 21.8. The summed E-state index contributed by atoms with van der Waals surface area (Å²) < 4.78 is 65.5. The van der Waals surface area contributed by atoms with Crippen molar-refractivity contribution >= 4 is 35.6 Å². The Morgan fingerprint density at radius 1 is 0.642 bits per heavy atom. The van der Waals surface area contributed by atoms with E-state index in [2.05, 4.69) is 27.9 Å². The molecular weight excluding hydrogens is 893 g/mol. The van der Waals surface area contributed by atoms with E-state index in [-0.39, 0.29) is 6.42 Å². The van der Waals surface area contributed by atoms with Crippen LogP contribution in [0.3, 0.4) is 0 Å².